The molecule has 5 nitrogen and oxygen atoms in total. The summed E-state index contributed by atoms with van der Waals surface area (Å²) in [6, 6.07) is 4.59. The summed E-state index contributed by atoms with van der Waals surface area (Å²) in [6.07, 6.45) is 0.785. The molecule has 0 saturated heterocycles. The van der Waals surface area contributed by atoms with Crippen molar-refractivity contribution in [1.82, 2.24) is 4.90 Å². The Hall–Kier alpha value is -0.980. The number of rotatable bonds is 9. The number of carbonyl (C=O) groups is 1. The molecular weight excluding hydrogens is 373 g/mol. The lowest BCUT2D eigenvalue weighted by atomic mass is 10.2. The first kappa shape index (κ1) is 21.1. The van der Waals surface area contributed by atoms with Gasteiger partial charge in [0.2, 0.25) is 5.91 Å². The van der Waals surface area contributed by atoms with E-state index >= 15 is 0 Å². The smallest absolute Gasteiger partial charge is 0.222 e. The molecule has 0 spiro atoms. The first-order valence-electron chi connectivity index (χ1n) is 7.70. The highest BCUT2D eigenvalue weighted by Crippen LogP contribution is 2.27. The second-order valence-corrected chi connectivity index (χ2v) is 8.82. The van der Waals surface area contributed by atoms with Crippen LogP contribution in [0.15, 0.2) is 18.2 Å². The van der Waals surface area contributed by atoms with Crippen molar-refractivity contribution in [3.05, 3.63) is 28.2 Å². The highest BCUT2D eigenvalue weighted by molar-refractivity contribution is 7.91. The molecule has 0 N–H and O–H groups in total. The lowest BCUT2D eigenvalue weighted by molar-refractivity contribution is -0.131. The average molecular weight is 396 g/mol. The Kier molecular flexibility index (Phi) is 8.33. The molecule has 0 heterocycles. The Labute approximate surface area is 153 Å². The molecule has 0 aliphatic heterocycles. The molecule has 0 saturated carbocycles. The van der Waals surface area contributed by atoms with Crippen molar-refractivity contribution in [2.24, 2.45) is 0 Å². The van der Waals surface area contributed by atoms with Gasteiger partial charge in [-0.1, -0.05) is 30.1 Å². The van der Waals surface area contributed by atoms with Crippen LogP contribution in [0, 0.1) is 0 Å². The Morgan fingerprint density at radius 1 is 1.33 bits per heavy atom. The SMILES string of the molecule is CCS(=O)(=O)CC(C)N(C)C(=O)CCCOc1ccc(Cl)cc1Cl. The molecule has 0 aliphatic rings. The molecule has 1 unspecified atom stereocenters. The van der Waals surface area contributed by atoms with E-state index in [-0.39, 0.29) is 29.9 Å². The molecule has 0 aromatic heterocycles. The van der Waals surface area contributed by atoms with Gasteiger partial charge in [-0.3, -0.25) is 4.79 Å². The molecule has 0 radical (unpaired) electrons. The standard InChI is InChI=1S/C16H23Cl2NO4S/c1-4-24(21,22)11-12(2)19(3)16(20)6-5-9-23-15-8-7-13(17)10-14(15)18/h7-8,10,12H,4-6,9,11H2,1-3H3. The van der Waals surface area contributed by atoms with Crippen molar-refractivity contribution in [2.45, 2.75) is 32.7 Å². The fraction of sp³-hybridized carbons (Fsp3) is 0.562. The van der Waals surface area contributed by atoms with Crippen LogP contribution in [-0.4, -0.2) is 50.4 Å². The van der Waals surface area contributed by atoms with Gasteiger partial charge in [-0.05, 0) is 31.5 Å². The summed E-state index contributed by atoms with van der Waals surface area (Å²) >= 11 is 11.8. The third-order valence-electron chi connectivity index (χ3n) is 3.68. The van der Waals surface area contributed by atoms with Crippen LogP contribution in [-0.2, 0) is 14.6 Å². The molecule has 0 fully saturated rings. The summed E-state index contributed by atoms with van der Waals surface area (Å²) in [6.45, 7) is 3.67. The predicted molar refractivity (Wildman–Crippen MR) is 97.8 cm³/mol. The van der Waals surface area contributed by atoms with E-state index in [0.717, 1.165) is 0 Å². The van der Waals surface area contributed by atoms with Crippen LogP contribution in [0.3, 0.4) is 0 Å². The van der Waals surface area contributed by atoms with Gasteiger partial charge in [0, 0.05) is 30.3 Å². The summed E-state index contributed by atoms with van der Waals surface area (Å²) < 4.78 is 28.8. The fourth-order valence-corrected chi connectivity index (χ4v) is 3.67. The van der Waals surface area contributed by atoms with E-state index in [9.17, 15) is 13.2 Å². The Bertz CT molecular complexity index is 664. The van der Waals surface area contributed by atoms with Crippen molar-refractivity contribution < 1.29 is 17.9 Å². The fourth-order valence-electron chi connectivity index (χ4n) is 2.02. The average Bonchev–Trinajstić information content (AvgIpc) is 2.51. The molecular formula is C16H23Cl2NO4S. The molecule has 0 bridgehead atoms. The van der Waals surface area contributed by atoms with Crippen LogP contribution < -0.4 is 4.74 Å². The van der Waals surface area contributed by atoms with Gasteiger partial charge >= 0.3 is 0 Å². The van der Waals surface area contributed by atoms with Crippen LogP contribution in [0.4, 0.5) is 0 Å². The van der Waals surface area contributed by atoms with Crippen molar-refractivity contribution in [1.29, 1.82) is 0 Å². The number of hydrogen-bond donors (Lipinski definition) is 0. The summed E-state index contributed by atoms with van der Waals surface area (Å²) in [5.74, 6) is 0.460. The minimum absolute atomic E-state index is 0.0252. The molecule has 1 rings (SSSR count). The zero-order chi connectivity index (χ0) is 18.3. The molecule has 0 aliphatic carbocycles. The number of benzene rings is 1. The number of halogens is 2. The van der Waals surface area contributed by atoms with Gasteiger partial charge < -0.3 is 9.64 Å². The Morgan fingerprint density at radius 2 is 2.00 bits per heavy atom. The summed E-state index contributed by atoms with van der Waals surface area (Å²) in [5.41, 5.74) is 0. The number of amides is 1. The van der Waals surface area contributed by atoms with Gasteiger partial charge in [0.25, 0.3) is 0 Å². The van der Waals surface area contributed by atoms with E-state index in [1.54, 1.807) is 39.1 Å². The molecule has 136 valence electrons. The summed E-state index contributed by atoms with van der Waals surface area (Å²) in [5, 5.41) is 0.949. The van der Waals surface area contributed by atoms with Gasteiger partial charge in [-0.25, -0.2) is 8.42 Å². The van der Waals surface area contributed by atoms with Gasteiger partial charge in [0.1, 0.15) is 5.75 Å². The first-order chi connectivity index (χ1) is 11.2. The third-order valence-corrected chi connectivity index (χ3v) is 6.08. The van der Waals surface area contributed by atoms with Crippen LogP contribution in [0.25, 0.3) is 0 Å². The predicted octanol–water partition coefficient (Wildman–Crippen LogP) is 3.43. The van der Waals surface area contributed by atoms with Crippen LogP contribution in [0.1, 0.15) is 26.7 Å². The zero-order valence-electron chi connectivity index (χ0n) is 14.1. The second-order valence-electron chi connectivity index (χ2n) is 5.58. The lowest BCUT2D eigenvalue weighted by Crippen LogP contribution is -2.39. The van der Waals surface area contributed by atoms with Crippen molar-refractivity contribution in [3.8, 4) is 5.75 Å². The minimum Gasteiger partial charge on any atom is -0.492 e. The molecule has 1 atom stereocenters. The van der Waals surface area contributed by atoms with E-state index in [4.69, 9.17) is 27.9 Å². The van der Waals surface area contributed by atoms with Gasteiger partial charge in [-0.15, -0.1) is 0 Å². The molecule has 8 heteroatoms. The minimum atomic E-state index is -3.11. The maximum atomic E-state index is 12.1. The van der Waals surface area contributed by atoms with Gasteiger partial charge in [0.05, 0.1) is 17.4 Å². The zero-order valence-corrected chi connectivity index (χ0v) is 16.4. The number of sulfone groups is 1. The lowest BCUT2D eigenvalue weighted by Gasteiger charge is -2.24. The van der Waals surface area contributed by atoms with E-state index in [2.05, 4.69) is 0 Å². The Morgan fingerprint density at radius 3 is 2.58 bits per heavy atom. The molecule has 1 aromatic rings. The van der Waals surface area contributed by atoms with Crippen LogP contribution in [0.5, 0.6) is 5.75 Å². The van der Waals surface area contributed by atoms with Crippen molar-refractivity contribution in [3.63, 3.8) is 0 Å². The highest BCUT2D eigenvalue weighted by Gasteiger charge is 2.20. The van der Waals surface area contributed by atoms with E-state index < -0.39 is 9.84 Å². The highest BCUT2D eigenvalue weighted by atomic mass is 35.5. The number of hydrogen-bond acceptors (Lipinski definition) is 4. The normalized spacial score (nSPS) is 12.7. The van der Waals surface area contributed by atoms with Gasteiger partial charge in [0.15, 0.2) is 9.84 Å². The Balaban J connectivity index is 2.40. The maximum absolute atomic E-state index is 12.1. The van der Waals surface area contributed by atoms with E-state index in [0.29, 0.717) is 28.8 Å². The maximum Gasteiger partial charge on any atom is 0.222 e. The largest absolute Gasteiger partial charge is 0.492 e. The van der Waals surface area contributed by atoms with Crippen molar-refractivity contribution in [2.75, 3.05) is 25.2 Å². The monoisotopic (exact) mass is 395 g/mol. The van der Waals surface area contributed by atoms with Gasteiger partial charge in [-0.2, -0.15) is 0 Å². The quantitative estimate of drug-likeness (QED) is 0.600. The molecule has 1 amide bonds. The third kappa shape index (κ3) is 6.87. The summed E-state index contributed by atoms with van der Waals surface area (Å²) in [7, 11) is -1.49. The number of carbonyl (C=O) groups excluding carboxylic acids is 1. The number of nitrogens with zero attached hydrogens (tertiary/aromatic N) is 1. The van der Waals surface area contributed by atoms with E-state index in [1.165, 1.54) is 4.90 Å². The second kappa shape index (κ2) is 9.49. The topological polar surface area (TPSA) is 63.7 Å². The molecule has 1 aromatic carbocycles. The van der Waals surface area contributed by atoms with Crippen molar-refractivity contribution >= 4 is 38.9 Å². The summed E-state index contributed by atoms with van der Waals surface area (Å²) in [4.78, 5) is 13.6. The van der Waals surface area contributed by atoms with Crippen LogP contribution >= 0.6 is 23.2 Å². The van der Waals surface area contributed by atoms with E-state index in [1.807, 2.05) is 0 Å². The van der Waals surface area contributed by atoms with Crippen LogP contribution in [0.2, 0.25) is 10.0 Å². The first-order valence-corrected chi connectivity index (χ1v) is 10.3. The number of ether oxygens (including phenoxy) is 1. The molecule has 24 heavy (non-hydrogen) atoms.